The van der Waals surface area contributed by atoms with Gasteiger partial charge in [-0.05, 0) is 29.5 Å². The lowest BCUT2D eigenvalue weighted by molar-refractivity contribution is 0.120. The lowest BCUT2D eigenvalue weighted by Crippen LogP contribution is -2.19. The van der Waals surface area contributed by atoms with Crippen LogP contribution in [-0.4, -0.2) is 29.2 Å². The molecule has 1 atom stereocenters. The van der Waals surface area contributed by atoms with Crippen LogP contribution in [0.2, 0.25) is 0 Å². The molecule has 5 heteroatoms. The predicted molar refractivity (Wildman–Crippen MR) is 116 cm³/mol. The average Bonchev–Trinajstić information content (AvgIpc) is 3.43. The number of rotatable bonds is 5. The maximum Gasteiger partial charge on any atom is 0.138 e. The van der Waals surface area contributed by atoms with Crippen molar-refractivity contribution in [3.63, 3.8) is 0 Å². The monoisotopic (exact) mass is 387 g/mol. The summed E-state index contributed by atoms with van der Waals surface area (Å²) in [6.45, 7) is 1.65. The smallest absolute Gasteiger partial charge is 0.138 e. The number of aromatic nitrogens is 2. The highest BCUT2D eigenvalue weighted by Crippen LogP contribution is 2.37. The minimum Gasteiger partial charge on any atom is -0.376 e. The lowest BCUT2D eigenvalue weighted by atomic mass is 10.0. The summed E-state index contributed by atoms with van der Waals surface area (Å²) >= 11 is 1.66. The first-order valence-electron chi connectivity index (χ1n) is 9.62. The molecule has 4 nitrogen and oxygen atoms in total. The van der Waals surface area contributed by atoms with Gasteiger partial charge in [0.1, 0.15) is 17.0 Å². The molecular formula is C23H21N3OS. The zero-order chi connectivity index (χ0) is 18.8. The number of hydrogen-bond donors (Lipinski definition) is 1. The summed E-state index contributed by atoms with van der Waals surface area (Å²) < 4.78 is 5.74. The predicted octanol–water partition coefficient (Wildman–Crippen LogP) is 5.62. The van der Waals surface area contributed by atoms with Gasteiger partial charge in [0, 0.05) is 24.1 Å². The van der Waals surface area contributed by atoms with E-state index < -0.39 is 0 Å². The number of thiophene rings is 1. The van der Waals surface area contributed by atoms with E-state index in [1.165, 1.54) is 22.3 Å². The van der Waals surface area contributed by atoms with E-state index in [0.717, 1.165) is 42.0 Å². The Morgan fingerprint density at radius 3 is 2.54 bits per heavy atom. The highest BCUT2D eigenvalue weighted by atomic mass is 32.1. The Hall–Kier alpha value is -2.76. The SMILES string of the molecule is c1ccc(-c2ccc(-c3csc4ncnc(NCC5CCCO5)c34)cc2)cc1. The normalized spacial score (nSPS) is 16.5. The van der Waals surface area contributed by atoms with Gasteiger partial charge in [0.2, 0.25) is 0 Å². The molecule has 0 aliphatic carbocycles. The van der Waals surface area contributed by atoms with Crippen molar-refractivity contribution in [1.29, 1.82) is 0 Å². The molecule has 1 saturated heterocycles. The second kappa shape index (κ2) is 7.70. The van der Waals surface area contributed by atoms with Crippen LogP contribution in [0, 0.1) is 0 Å². The Morgan fingerprint density at radius 2 is 1.75 bits per heavy atom. The zero-order valence-corrected chi connectivity index (χ0v) is 16.3. The van der Waals surface area contributed by atoms with Crippen LogP contribution in [0.5, 0.6) is 0 Å². The Bertz CT molecular complexity index is 1070. The first-order valence-corrected chi connectivity index (χ1v) is 10.5. The minimum atomic E-state index is 0.275. The molecule has 1 N–H and O–H groups in total. The number of ether oxygens (including phenoxy) is 1. The van der Waals surface area contributed by atoms with Crippen molar-refractivity contribution >= 4 is 27.4 Å². The summed E-state index contributed by atoms with van der Waals surface area (Å²) in [7, 11) is 0. The second-order valence-corrected chi connectivity index (χ2v) is 7.87. The van der Waals surface area contributed by atoms with E-state index >= 15 is 0 Å². The Balaban J connectivity index is 1.47. The standard InChI is InChI=1S/C23H21N3OS/c1-2-5-16(6-3-1)17-8-10-18(11-9-17)20-14-28-23-21(20)22(25-15-26-23)24-13-19-7-4-12-27-19/h1-3,5-6,8-11,14-15,19H,4,7,12-13H2,(H,24,25,26). The van der Waals surface area contributed by atoms with Gasteiger partial charge in [-0.3, -0.25) is 0 Å². The molecule has 0 radical (unpaired) electrons. The van der Waals surface area contributed by atoms with Crippen LogP contribution in [0.3, 0.4) is 0 Å². The van der Waals surface area contributed by atoms with E-state index in [9.17, 15) is 0 Å². The molecule has 28 heavy (non-hydrogen) atoms. The fourth-order valence-electron chi connectivity index (χ4n) is 3.71. The molecule has 0 amide bonds. The van der Waals surface area contributed by atoms with Gasteiger partial charge in [-0.15, -0.1) is 11.3 Å². The molecule has 1 aliphatic heterocycles. The number of hydrogen-bond acceptors (Lipinski definition) is 5. The van der Waals surface area contributed by atoms with Crippen molar-refractivity contribution in [2.75, 3.05) is 18.5 Å². The van der Waals surface area contributed by atoms with Gasteiger partial charge in [-0.1, -0.05) is 54.6 Å². The quantitative estimate of drug-likeness (QED) is 0.483. The molecule has 0 bridgehead atoms. The third kappa shape index (κ3) is 3.39. The number of nitrogens with one attached hydrogen (secondary N) is 1. The molecule has 2 aromatic heterocycles. The van der Waals surface area contributed by atoms with E-state index in [1.807, 2.05) is 6.07 Å². The molecule has 1 aliphatic rings. The van der Waals surface area contributed by atoms with Gasteiger partial charge in [0.25, 0.3) is 0 Å². The molecular weight excluding hydrogens is 366 g/mol. The van der Waals surface area contributed by atoms with Gasteiger partial charge >= 0.3 is 0 Å². The van der Waals surface area contributed by atoms with Crippen molar-refractivity contribution < 1.29 is 4.74 Å². The van der Waals surface area contributed by atoms with Crippen molar-refractivity contribution in [2.45, 2.75) is 18.9 Å². The molecule has 2 aromatic carbocycles. The fraction of sp³-hybridized carbons (Fsp3) is 0.217. The van der Waals surface area contributed by atoms with Gasteiger partial charge in [0.05, 0.1) is 11.5 Å². The molecule has 1 fully saturated rings. The lowest BCUT2D eigenvalue weighted by Gasteiger charge is -2.12. The average molecular weight is 388 g/mol. The first-order chi connectivity index (χ1) is 13.9. The highest BCUT2D eigenvalue weighted by molar-refractivity contribution is 7.17. The Morgan fingerprint density at radius 1 is 0.964 bits per heavy atom. The van der Waals surface area contributed by atoms with Gasteiger partial charge < -0.3 is 10.1 Å². The van der Waals surface area contributed by atoms with Crippen LogP contribution < -0.4 is 5.32 Å². The largest absolute Gasteiger partial charge is 0.376 e. The van der Waals surface area contributed by atoms with E-state index in [0.29, 0.717) is 0 Å². The highest BCUT2D eigenvalue weighted by Gasteiger charge is 2.17. The second-order valence-electron chi connectivity index (χ2n) is 7.01. The number of nitrogens with zero attached hydrogens (tertiary/aromatic N) is 2. The molecule has 140 valence electrons. The van der Waals surface area contributed by atoms with Crippen molar-refractivity contribution in [1.82, 2.24) is 9.97 Å². The van der Waals surface area contributed by atoms with Gasteiger partial charge in [0.15, 0.2) is 0 Å². The van der Waals surface area contributed by atoms with Crippen LogP contribution in [0.1, 0.15) is 12.8 Å². The maximum absolute atomic E-state index is 5.74. The summed E-state index contributed by atoms with van der Waals surface area (Å²) in [4.78, 5) is 10.00. The Kier molecular flexibility index (Phi) is 4.77. The molecule has 5 rings (SSSR count). The fourth-order valence-corrected chi connectivity index (χ4v) is 4.63. The van der Waals surface area contributed by atoms with E-state index in [4.69, 9.17) is 4.74 Å². The van der Waals surface area contributed by atoms with Crippen LogP contribution in [0.15, 0.2) is 66.3 Å². The van der Waals surface area contributed by atoms with Crippen LogP contribution in [0.4, 0.5) is 5.82 Å². The van der Waals surface area contributed by atoms with Crippen LogP contribution >= 0.6 is 11.3 Å². The molecule has 4 aromatic rings. The topological polar surface area (TPSA) is 47.0 Å². The van der Waals surface area contributed by atoms with E-state index in [1.54, 1.807) is 17.7 Å². The van der Waals surface area contributed by atoms with Crippen molar-refractivity contribution in [3.05, 3.63) is 66.3 Å². The van der Waals surface area contributed by atoms with Gasteiger partial charge in [-0.2, -0.15) is 0 Å². The maximum atomic E-state index is 5.74. The number of fused-ring (bicyclic) bond motifs is 1. The molecule has 0 saturated carbocycles. The summed E-state index contributed by atoms with van der Waals surface area (Å²) in [5, 5.41) is 6.76. The van der Waals surface area contributed by atoms with E-state index in [2.05, 4.69) is 69.2 Å². The zero-order valence-electron chi connectivity index (χ0n) is 15.5. The first kappa shape index (κ1) is 17.3. The summed E-state index contributed by atoms with van der Waals surface area (Å²) in [6, 6.07) is 19.2. The minimum absolute atomic E-state index is 0.275. The molecule has 3 heterocycles. The number of anilines is 1. The third-order valence-electron chi connectivity index (χ3n) is 5.19. The van der Waals surface area contributed by atoms with Crippen LogP contribution in [0.25, 0.3) is 32.5 Å². The summed E-state index contributed by atoms with van der Waals surface area (Å²) in [5.74, 6) is 0.892. The molecule has 0 spiro atoms. The summed E-state index contributed by atoms with van der Waals surface area (Å²) in [6.07, 6.45) is 4.16. The number of benzene rings is 2. The van der Waals surface area contributed by atoms with E-state index in [-0.39, 0.29) is 6.10 Å². The third-order valence-corrected chi connectivity index (χ3v) is 6.08. The van der Waals surface area contributed by atoms with Gasteiger partial charge in [-0.25, -0.2) is 9.97 Å². The summed E-state index contributed by atoms with van der Waals surface area (Å²) in [5.41, 5.74) is 4.80. The Labute approximate surface area is 168 Å². The van der Waals surface area contributed by atoms with Crippen LogP contribution in [-0.2, 0) is 4.74 Å². The van der Waals surface area contributed by atoms with Crippen molar-refractivity contribution in [2.24, 2.45) is 0 Å². The van der Waals surface area contributed by atoms with Crippen molar-refractivity contribution in [3.8, 4) is 22.3 Å². The molecule has 1 unspecified atom stereocenters.